The van der Waals surface area contributed by atoms with Gasteiger partial charge in [-0.2, -0.15) is 0 Å². The van der Waals surface area contributed by atoms with Crippen molar-refractivity contribution in [3.05, 3.63) is 22.1 Å². The molecule has 2 N–H and O–H groups in total. The number of H-pyrrole nitrogens is 2. The van der Waals surface area contributed by atoms with Gasteiger partial charge in [0.15, 0.2) is 0 Å². The van der Waals surface area contributed by atoms with Gasteiger partial charge >= 0.3 is 0 Å². The van der Waals surface area contributed by atoms with Crippen molar-refractivity contribution in [3.8, 4) is 0 Å². The molecule has 0 aliphatic carbocycles. The number of nitrogens with one attached hydrogen (secondary N) is 2. The molecule has 0 spiro atoms. The minimum Gasteiger partial charge on any atom is -0.306 e. The Balaban J connectivity index is 2.12. The minimum absolute atomic E-state index is 0.0248. The molecule has 0 unspecified atom stereocenters. The zero-order valence-corrected chi connectivity index (χ0v) is 7.84. The molecule has 72 valence electrons. The highest BCUT2D eigenvalue weighted by molar-refractivity contribution is 5.07. The SMILES string of the molecule is CN1CCC[C@@H](c2cc(=O)[nH][nH]2)C1. The molecule has 4 heteroatoms. The highest BCUT2D eigenvalue weighted by atomic mass is 16.1. The Morgan fingerprint density at radius 2 is 2.38 bits per heavy atom. The van der Waals surface area contributed by atoms with Crippen LogP contribution in [0.1, 0.15) is 24.5 Å². The van der Waals surface area contributed by atoms with Crippen molar-refractivity contribution in [1.82, 2.24) is 15.1 Å². The number of piperidine rings is 1. The van der Waals surface area contributed by atoms with E-state index in [1.54, 1.807) is 6.07 Å². The number of hydrogen-bond acceptors (Lipinski definition) is 2. The van der Waals surface area contributed by atoms with Gasteiger partial charge in [0.2, 0.25) is 0 Å². The molecule has 2 heterocycles. The van der Waals surface area contributed by atoms with E-state index in [-0.39, 0.29) is 5.56 Å². The van der Waals surface area contributed by atoms with Crippen LogP contribution in [0.5, 0.6) is 0 Å². The fraction of sp³-hybridized carbons (Fsp3) is 0.667. The van der Waals surface area contributed by atoms with Crippen LogP contribution >= 0.6 is 0 Å². The predicted molar refractivity (Wildman–Crippen MR) is 50.9 cm³/mol. The molecule has 0 radical (unpaired) electrons. The summed E-state index contributed by atoms with van der Waals surface area (Å²) in [4.78, 5) is 13.2. The van der Waals surface area contributed by atoms with Crippen molar-refractivity contribution in [2.45, 2.75) is 18.8 Å². The third-order valence-electron chi connectivity index (χ3n) is 2.68. The topological polar surface area (TPSA) is 51.9 Å². The van der Waals surface area contributed by atoms with Gasteiger partial charge in [0.25, 0.3) is 5.56 Å². The summed E-state index contributed by atoms with van der Waals surface area (Å²) in [5, 5.41) is 5.51. The van der Waals surface area contributed by atoms with Crippen LogP contribution in [0.2, 0.25) is 0 Å². The summed E-state index contributed by atoms with van der Waals surface area (Å²) in [6.07, 6.45) is 2.40. The summed E-state index contributed by atoms with van der Waals surface area (Å²) in [6, 6.07) is 1.67. The summed E-state index contributed by atoms with van der Waals surface area (Å²) in [5.41, 5.74) is 1.03. The van der Waals surface area contributed by atoms with Gasteiger partial charge in [-0.1, -0.05) is 0 Å². The molecule has 1 aliphatic rings. The van der Waals surface area contributed by atoms with Crippen LogP contribution < -0.4 is 5.56 Å². The second-order valence-electron chi connectivity index (χ2n) is 3.82. The van der Waals surface area contributed by atoms with Gasteiger partial charge in [-0.15, -0.1) is 0 Å². The molecule has 0 saturated carbocycles. The molecule has 0 amide bonds. The maximum absolute atomic E-state index is 10.9. The normalized spacial score (nSPS) is 24.8. The van der Waals surface area contributed by atoms with Gasteiger partial charge in [-0.05, 0) is 26.4 Å². The van der Waals surface area contributed by atoms with Crippen molar-refractivity contribution < 1.29 is 0 Å². The summed E-state index contributed by atoms with van der Waals surface area (Å²) >= 11 is 0. The van der Waals surface area contributed by atoms with E-state index >= 15 is 0 Å². The molecule has 0 aromatic carbocycles. The van der Waals surface area contributed by atoms with Crippen LogP contribution in [0.15, 0.2) is 10.9 Å². The van der Waals surface area contributed by atoms with Crippen molar-refractivity contribution in [3.63, 3.8) is 0 Å². The number of rotatable bonds is 1. The molecular weight excluding hydrogens is 166 g/mol. The summed E-state index contributed by atoms with van der Waals surface area (Å²) < 4.78 is 0. The Labute approximate surface area is 76.9 Å². The fourth-order valence-electron chi connectivity index (χ4n) is 1.99. The molecule has 1 atom stereocenters. The number of hydrogen-bond donors (Lipinski definition) is 2. The van der Waals surface area contributed by atoms with E-state index in [2.05, 4.69) is 22.1 Å². The number of nitrogens with zero attached hydrogens (tertiary/aromatic N) is 1. The molecule has 1 aliphatic heterocycles. The first-order valence-corrected chi connectivity index (χ1v) is 4.72. The molecule has 1 saturated heterocycles. The lowest BCUT2D eigenvalue weighted by Gasteiger charge is -2.28. The predicted octanol–water partition coefficient (Wildman–Crippen LogP) is 0.512. The lowest BCUT2D eigenvalue weighted by Crippen LogP contribution is -2.30. The second kappa shape index (κ2) is 3.38. The van der Waals surface area contributed by atoms with Crippen LogP contribution in [-0.2, 0) is 0 Å². The summed E-state index contributed by atoms with van der Waals surface area (Å²) in [6.45, 7) is 2.22. The van der Waals surface area contributed by atoms with Crippen molar-refractivity contribution in [2.75, 3.05) is 20.1 Å². The molecule has 1 fully saturated rings. The zero-order chi connectivity index (χ0) is 9.26. The first-order chi connectivity index (χ1) is 6.25. The second-order valence-corrected chi connectivity index (χ2v) is 3.82. The van der Waals surface area contributed by atoms with Crippen LogP contribution in [0.4, 0.5) is 0 Å². The van der Waals surface area contributed by atoms with Gasteiger partial charge in [0.1, 0.15) is 0 Å². The molecule has 0 bridgehead atoms. The van der Waals surface area contributed by atoms with Crippen LogP contribution in [0.3, 0.4) is 0 Å². The smallest absolute Gasteiger partial charge is 0.264 e. The van der Waals surface area contributed by atoms with Crippen molar-refractivity contribution >= 4 is 0 Å². The Morgan fingerprint density at radius 1 is 1.54 bits per heavy atom. The standard InChI is InChI=1S/C9H15N3O/c1-12-4-2-3-7(6-12)8-5-9(13)11-10-8/h5,7H,2-4,6H2,1H3,(H2,10,11,13)/t7-/m1/s1. The number of likely N-dealkylation sites (tertiary alicyclic amines) is 1. The lowest BCUT2D eigenvalue weighted by molar-refractivity contribution is 0.248. The Morgan fingerprint density at radius 3 is 3.00 bits per heavy atom. The molecular formula is C9H15N3O. The number of likely N-dealkylation sites (N-methyl/N-ethyl adjacent to an activating group) is 1. The Kier molecular flexibility index (Phi) is 2.22. The first-order valence-electron chi connectivity index (χ1n) is 4.72. The third kappa shape index (κ3) is 1.83. The van der Waals surface area contributed by atoms with E-state index < -0.39 is 0 Å². The quantitative estimate of drug-likeness (QED) is 0.663. The minimum atomic E-state index is -0.0248. The van der Waals surface area contributed by atoms with Crippen LogP contribution in [-0.4, -0.2) is 35.2 Å². The van der Waals surface area contributed by atoms with Gasteiger partial charge in [-0.25, -0.2) is 0 Å². The van der Waals surface area contributed by atoms with E-state index in [1.165, 1.54) is 19.4 Å². The number of aromatic amines is 2. The van der Waals surface area contributed by atoms with Crippen molar-refractivity contribution in [1.29, 1.82) is 0 Å². The summed E-state index contributed by atoms with van der Waals surface area (Å²) in [5.74, 6) is 0.498. The van der Waals surface area contributed by atoms with Crippen LogP contribution in [0.25, 0.3) is 0 Å². The largest absolute Gasteiger partial charge is 0.306 e. The number of aromatic nitrogens is 2. The van der Waals surface area contributed by atoms with E-state index in [0.717, 1.165) is 12.2 Å². The van der Waals surface area contributed by atoms with Gasteiger partial charge in [0.05, 0.1) is 0 Å². The van der Waals surface area contributed by atoms with Crippen molar-refractivity contribution in [2.24, 2.45) is 0 Å². The van der Waals surface area contributed by atoms with Gasteiger partial charge in [-0.3, -0.25) is 9.89 Å². The zero-order valence-electron chi connectivity index (χ0n) is 7.84. The first kappa shape index (κ1) is 8.56. The highest BCUT2D eigenvalue weighted by Gasteiger charge is 2.19. The molecule has 1 aromatic rings. The molecule has 13 heavy (non-hydrogen) atoms. The molecule has 2 rings (SSSR count). The third-order valence-corrected chi connectivity index (χ3v) is 2.68. The average Bonchev–Trinajstić information content (AvgIpc) is 2.52. The Hall–Kier alpha value is -1.03. The molecule has 1 aromatic heterocycles. The summed E-state index contributed by atoms with van der Waals surface area (Å²) in [7, 11) is 2.12. The van der Waals surface area contributed by atoms with Gasteiger partial charge in [0, 0.05) is 24.2 Å². The maximum Gasteiger partial charge on any atom is 0.264 e. The van der Waals surface area contributed by atoms with E-state index in [1.807, 2.05) is 0 Å². The fourth-order valence-corrected chi connectivity index (χ4v) is 1.99. The lowest BCUT2D eigenvalue weighted by atomic mass is 9.95. The average molecular weight is 181 g/mol. The van der Waals surface area contributed by atoms with Crippen LogP contribution in [0, 0.1) is 0 Å². The highest BCUT2D eigenvalue weighted by Crippen LogP contribution is 2.23. The Bertz CT molecular complexity index is 328. The van der Waals surface area contributed by atoms with E-state index in [0.29, 0.717) is 5.92 Å². The van der Waals surface area contributed by atoms with Gasteiger partial charge < -0.3 is 10.00 Å². The van der Waals surface area contributed by atoms with E-state index in [4.69, 9.17) is 0 Å². The van der Waals surface area contributed by atoms with E-state index in [9.17, 15) is 4.79 Å². The molecule has 4 nitrogen and oxygen atoms in total. The maximum atomic E-state index is 10.9. The monoisotopic (exact) mass is 181 g/mol.